The van der Waals surface area contributed by atoms with Gasteiger partial charge in [0.2, 0.25) is 17.7 Å². The monoisotopic (exact) mass is 1980 g/mol. The number of likely N-dealkylation sites (tertiary alicyclic amines) is 3. The number of carbonyl (C=O) groups excluding carboxylic acids is 20. The van der Waals surface area contributed by atoms with Gasteiger partial charge in [-0.2, -0.15) is 0 Å². The predicted octanol–water partition coefficient (Wildman–Crippen LogP) is 11.2. The molecule has 0 spiro atoms. The van der Waals surface area contributed by atoms with Crippen LogP contribution in [0.25, 0.3) is 0 Å². The number of nitrogens with zero attached hydrogens (tertiary/aromatic N) is 3. The quantitative estimate of drug-likeness (QED) is 0.0192. The largest absolute Gasteiger partial charge is 0.490 e. The normalized spacial score (nSPS) is 20.7. The maximum Gasteiger partial charge on any atom is 0.319 e. The third-order valence-electron chi connectivity index (χ3n) is 24.9. The Hall–Kier alpha value is -10.5. The fraction of sp³-hybridized carbons (Fsp3) is 0.740. The summed E-state index contributed by atoms with van der Waals surface area (Å²) in [6.45, 7) is 23.0. The number of cyclic esters (lactones) is 6. The van der Waals surface area contributed by atoms with Crippen LogP contribution in [0, 0.1) is 63.1 Å². The Morgan fingerprint density at radius 2 is 0.827 bits per heavy atom. The van der Waals surface area contributed by atoms with Gasteiger partial charge < -0.3 is 90.5 Å². The summed E-state index contributed by atoms with van der Waals surface area (Å²) in [5.74, 6) is -19.0. The second-order valence-electron chi connectivity index (χ2n) is 35.3. The second-order valence-corrected chi connectivity index (χ2v) is 35.3. The topological polar surface area (TPSA) is 502 Å². The van der Waals surface area contributed by atoms with E-state index in [1.54, 1.807) is 82.4 Å². The number of ketones is 3. The van der Waals surface area contributed by atoms with Crippen molar-refractivity contribution in [2.45, 2.75) is 301 Å². The van der Waals surface area contributed by atoms with Gasteiger partial charge in [-0.3, -0.25) is 95.9 Å². The highest BCUT2D eigenvalue weighted by atomic mass is 16.6. The highest BCUT2D eigenvalue weighted by Crippen LogP contribution is 2.51. The van der Waals surface area contributed by atoms with Crippen molar-refractivity contribution in [2.75, 3.05) is 119 Å². The van der Waals surface area contributed by atoms with Crippen LogP contribution in [0.15, 0.2) is 30.3 Å². The maximum absolute atomic E-state index is 13.9. The van der Waals surface area contributed by atoms with Crippen molar-refractivity contribution in [3.63, 3.8) is 0 Å². The molecule has 7 aliphatic rings. The number of Topliss-reactive ketones (excluding diaryl/α,β-unsaturated/α-hetero) is 3. The van der Waals surface area contributed by atoms with Crippen molar-refractivity contribution in [2.24, 2.45) is 63.1 Å². The minimum absolute atomic E-state index is 0. The predicted molar refractivity (Wildman–Crippen MR) is 504 cm³/mol. The van der Waals surface area contributed by atoms with Gasteiger partial charge in [-0.15, -0.1) is 0 Å². The Balaban J connectivity index is 0. The molecule has 15 unspecified atom stereocenters. The van der Waals surface area contributed by atoms with E-state index in [2.05, 4.69) is 0 Å². The van der Waals surface area contributed by atoms with Crippen molar-refractivity contribution in [1.29, 1.82) is 0 Å². The second kappa shape index (κ2) is 63.3. The number of esters is 14. The summed E-state index contributed by atoms with van der Waals surface area (Å²) in [5, 5.41) is 0. The molecule has 0 aromatic heterocycles. The molecule has 0 saturated carbocycles. The molecular formula is C100H161N3O36. The van der Waals surface area contributed by atoms with E-state index in [1.807, 2.05) is 25.1 Å². The highest BCUT2D eigenvalue weighted by molar-refractivity contribution is 6.03. The zero-order valence-corrected chi connectivity index (χ0v) is 78.5. The van der Waals surface area contributed by atoms with E-state index >= 15 is 0 Å². The van der Waals surface area contributed by atoms with Gasteiger partial charge in [0.25, 0.3) is 0 Å². The molecule has 39 nitrogen and oxygen atoms in total. The van der Waals surface area contributed by atoms with Crippen LogP contribution in [0.5, 0.6) is 5.75 Å². The van der Waals surface area contributed by atoms with Crippen LogP contribution in [-0.4, -0.2) is 283 Å². The lowest BCUT2D eigenvalue weighted by Crippen LogP contribution is -2.51. The first-order chi connectivity index (χ1) is 62.6. The van der Waals surface area contributed by atoms with E-state index in [0.717, 1.165) is 0 Å². The molecule has 15 atom stereocenters. The average molecular weight is 1980 g/mol. The SMILES string of the molecule is C.C.C.C.C.C.C.CCC(C1C(=O)OC(=O)C1C(C)(CCC(C)(CC)C(=O)OCCOCCOCCOC)C(=O)OCCOC(=O)CC(C)=O)N1CCCC1=O.CCC(C1C(=O)OC(=O)C1CC(CC(C)(C)C(=O)OCC1CO1)OC(=O)CC(C)=O)N1CCCC1=O.CCC(CCC(C)(C(=O)OCCOC(=O)CC(C)=O)C1C(=O)OC(=O)C1C(CC)N1CCCC1=O)C(=O)OCCOc1ccccc1. The summed E-state index contributed by atoms with van der Waals surface area (Å²) in [6, 6.07) is 7.13. The van der Waals surface area contributed by atoms with Crippen molar-refractivity contribution < 1.29 is 172 Å². The third kappa shape index (κ3) is 38.4. The van der Waals surface area contributed by atoms with E-state index < -0.39 is 196 Å². The molecule has 0 radical (unpaired) electrons. The van der Waals surface area contributed by atoms with Crippen molar-refractivity contribution in [3.8, 4) is 5.75 Å². The minimum Gasteiger partial charge on any atom is -0.490 e. The number of hydrogen-bond acceptors (Lipinski definition) is 36. The lowest BCUT2D eigenvalue weighted by Gasteiger charge is -2.39. The van der Waals surface area contributed by atoms with Gasteiger partial charge >= 0.3 is 83.6 Å². The smallest absolute Gasteiger partial charge is 0.319 e. The number of epoxide rings is 1. The Morgan fingerprint density at radius 3 is 1.24 bits per heavy atom. The van der Waals surface area contributed by atoms with Crippen LogP contribution >= 0.6 is 0 Å². The summed E-state index contributed by atoms with van der Waals surface area (Å²) in [7, 11) is 1.58. The molecule has 1 aromatic rings. The highest BCUT2D eigenvalue weighted by Gasteiger charge is 2.64. The Labute approximate surface area is 820 Å². The number of benzene rings is 1. The average Bonchev–Trinajstić information content (AvgIpc) is 1.62. The molecule has 0 bridgehead atoms. The summed E-state index contributed by atoms with van der Waals surface area (Å²) < 4.78 is 84.3. The molecule has 0 N–H and O–H groups in total. The van der Waals surface area contributed by atoms with Crippen LogP contribution in [-0.2, 0) is 167 Å². The van der Waals surface area contributed by atoms with E-state index in [0.29, 0.717) is 129 Å². The molecule has 7 aliphatic heterocycles. The Kier molecular flexibility index (Phi) is 59.4. The Bertz CT molecular complexity index is 4200. The first-order valence-electron chi connectivity index (χ1n) is 45.5. The number of carbonyl (C=O) groups is 20. The molecule has 1 aromatic carbocycles. The molecule has 39 heteroatoms. The molecule has 139 heavy (non-hydrogen) atoms. The van der Waals surface area contributed by atoms with Gasteiger partial charge in [0.05, 0.1) is 103 Å². The third-order valence-corrected chi connectivity index (χ3v) is 24.9. The first kappa shape index (κ1) is 130. The molecule has 8 rings (SSSR count). The number of hydrogen-bond donors (Lipinski definition) is 0. The molecule has 7 fully saturated rings. The number of rotatable bonds is 56. The summed E-state index contributed by atoms with van der Waals surface area (Å²) in [5.41, 5.74) is -5.56. The number of methoxy groups -OCH3 is 1. The zero-order valence-electron chi connectivity index (χ0n) is 78.5. The maximum atomic E-state index is 13.9. The van der Waals surface area contributed by atoms with E-state index in [-0.39, 0.29) is 185 Å². The van der Waals surface area contributed by atoms with Crippen molar-refractivity contribution >= 4 is 119 Å². The van der Waals surface area contributed by atoms with Crippen LogP contribution < -0.4 is 4.74 Å². The standard InChI is InChI=1S/C34H53NO14.C34H45NO12.C25H35NO10.7CH4/c1-7-24(35-13-9-10-25(35)37)27-28(30(40)49-29(27)39)34(5,32(42)48-21-20-46-26(38)22-23(3)36)12-11-33(4,8-2)31(41)47-19-18-45-17-16-44-15-14-43-6;1-5-23(30(39)45-19-17-43-24-11-8-7-9-12-24)14-15-34(4,33(42)46-20-18-44-27(38)21-22(3)36)29-28(31(40)47-32(29)41)25(6-2)35-16-10-13-26(35)37;1-5-18(26-8-6-7-19(26)28)21-17(22(30)36-23(21)31)10-15(35-20(29)9-14(2)27)11-25(3,4)24(32)34-13-16-12-33-16;;;;;;;/h24,27-28H,7-22H2,1-6H3;7-9,11-12,23,25,28-29H,5-6,10,13-21H2,1-4H3;15-18,21H,5-13H2,1-4H3;7*1H4. The lowest BCUT2D eigenvalue weighted by molar-refractivity contribution is -0.170. The number of ether oxygens (including phenoxy) is 16. The van der Waals surface area contributed by atoms with Gasteiger partial charge in [-0.25, -0.2) is 0 Å². The van der Waals surface area contributed by atoms with Crippen molar-refractivity contribution in [1.82, 2.24) is 14.7 Å². The Morgan fingerprint density at radius 1 is 0.432 bits per heavy atom. The molecular weight excluding hydrogens is 1820 g/mol. The van der Waals surface area contributed by atoms with Gasteiger partial charge in [-0.1, -0.05) is 105 Å². The minimum atomic E-state index is -1.70. The summed E-state index contributed by atoms with van der Waals surface area (Å²) in [6.07, 6.45) is 2.18. The van der Waals surface area contributed by atoms with Crippen molar-refractivity contribution in [3.05, 3.63) is 30.3 Å². The zero-order chi connectivity index (χ0) is 97.8. The van der Waals surface area contributed by atoms with Crippen LogP contribution in [0.4, 0.5) is 0 Å². The fourth-order valence-electron chi connectivity index (χ4n) is 17.3. The number of amides is 3. The van der Waals surface area contributed by atoms with Crippen LogP contribution in [0.3, 0.4) is 0 Å². The first-order valence-corrected chi connectivity index (χ1v) is 45.5. The van der Waals surface area contributed by atoms with E-state index in [9.17, 15) is 95.9 Å². The van der Waals surface area contributed by atoms with Crippen LogP contribution in [0.1, 0.15) is 270 Å². The molecule has 7 heterocycles. The van der Waals surface area contributed by atoms with E-state index in [4.69, 9.17) is 75.8 Å². The van der Waals surface area contributed by atoms with Gasteiger partial charge in [0.15, 0.2) is 0 Å². The molecule has 3 amide bonds. The van der Waals surface area contributed by atoms with Crippen LogP contribution in [0.2, 0.25) is 0 Å². The van der Waals surface area contributed by atoms with Gasteiger partial charge in [0, 0.05) is 64.1 Å². The summed E-state index contributed by atoms with van der Waals surface area (Å²) >= 11 is 0. The molecule has 7 saturated heterocycles. The van der Waals surface area contributed by atoms with E-state index in [1.165, 1.54) is 34.6 Å². The lowest BCUT2D eigenvalue weighted by atomic mass is 9.64. The molecule has 792 valence electrons. The van der Waals surface area contributed by atoms with Gasteiger partial charge in [0.1, 0.15) is 107 Å². The van der Waals surface area contributed by atoms with Gasteiger partial charge in [-0.05, 0) is 157 Å². The summed E-state index contributed by atoms with van der Waals surface area (Å²) in [4.78, 5) is 258. The molecule has 0 aliphatic carbocycles. The number of para-hydroxylation sites is 1. The fourth-order valence-corrected chi connectivity index (χ4v) is 17.3.